The Labute approximate surface area is 121 Å². The molecule has 0 aliphatic carbocycles. The third kappa shape index (κ3) is 3.10. The van der Waals surface area contributed by atoms with E-state index in [4.69, 9.17) is 9.05 Å². The number of carbonyl (C=O) groups is 1. The molecule has 3 rings (SSSR count). The van der Waals surface area contributed by atoms with Crippen molar-refractivity contribution in [1.82, 2.24) is 20.2 Å². The normalized spacial score (nSPS) is 19.0. The maximum Gasteiger partial charge on any atom is 0.240 e. The van der Waals surface area contributed by atoms with E-state index in [9.17, 15) is 4.79 Å². The quantitative estimate of drug-likeness (QED) is 0.910. The van der Waals surface area contributed by atoms with Crippen molar-refractivity contribution in [2.45, 2.75) is 32.7 Å². The number of amides is 1. The average Bonchev–Trinajstić information content (AvgIpc) is 3.12. The number of aromatic nitrogens is 3. The molecule has 0 aromatic carbocycles. The number of nitrogens with one attached hydrogen (secondary N) is 1. The Balaban J connectivity index is 1.62. The molecule has 1 N–H and O–H groups in total. The van der Waals surface area contributed by atoms with Gasteiger partial charge >= 0.3 is 0 Å². The van der Waals surface area contributed by atoms with Gasteiger partial charge in [0.1, 0.15) is 0 Å². The van der Waals surface area contributed by atoms with Gasteiger partial charge in [-0.1, -0.05) is 10.3 Å². The van der Waals surface area contributed by atoms with Gasteiger partial charge in [0, 0.05) is 13.0 Å². The summed E-state index contributed by atoms with van der Waals surface area (Å²) in [6.07, 6.45) is 1.93. The lowest BCUT2D eigenvalue weighted by atomic mass is 10.2. The van der Waals surface area contributed by atoms with Crippen LogP contribution < -0.4 is 5.32 Å². The number of aryl methyl sites for hydroxylation is 2. The van der Waals surface area contributed by atoms with Crippen molar-refractivity contribution >= 4 is 11.8 Å². The van der Waals surface area contributed by atoms with Crippen LogP contribution in [0.2, 0.25) is 0 Å². The highest BCUT2D eigenvalue weighted by Gasteiger charge is 2.31. The number of hydrogen-bond acceptors (Lipinski definition) is 7. The monoisotopic (exact) mass is 291 g/mol. The number of rotatable bonds is 4. The van der Waals surface area contributed by atoms with Crippen molar-refractivity contribution in [3.05, 3.63) is 23.5 Å². The van der Waals surface area contributed by atoms with Gasteiger partial charge in [0.15, 0.2) is 5.82 Å². The first-order valence-corrected chi connectivity index (χ1v) is 6.89. The van der Waals surface area contributed by atoms with E-state index in [0.29, 0.717) is 17.6 Å². The standard InChI is InChI=1S/C13H17N5O3/c1-8-6-12(21-16-8)15-11(19)7-18-5-3-4-10(18)13-14-9(2)20-17-13/h6,10H,3-5,7H2,1-2H3,(H,15,19). The van der Waals surface area contributed by atoms with Crippen LogP contribution in [0.4, 0.5) is 5.88 Å². The van der Waals surface area contributed by atoms with Gasteiger partial charge < -0.3 is 9.05 Å². The molecule has 1 aliphatic rings. The fraction of sp³-hybridized carbons (Fsp3) is 0.538. The van der Waals surface area contributed by atoms with Gasteiger partial charge in [-0.3, -0.25) is 15.0 Å². The molecule has 21 heavy (non-hydrogen) atoms. The third-order valence-electron chi connectivity index (χ3n) is 3.44. The lowest BCUT2D eigenvalue weighted by Crippen LogP contribution is -2.33. The van der Waals surface area contributed by atoms with Crippen molar-refractivity contribution in [2.24, 2.45) is 0 Å². The maximum absolute atomic E-state index is 12.1. The van der Waals surface area contributed by atoms with E-state index < -0.39 is 0 Å². The Kier molecular flexibility index (Phi) is 3.70. The molecule has 1 aliphatic heterocycles. The average molecular weight is 291 g/mol. The van der Waals surface area contributed by atoms with Gasteiger partial charge in [0.05, 0.1) is 18.3 Å². The minimum atomic E-state index is -0.140. The number of hydrogen-bond donors (Lipinski definition) is 1. The fourth-order valence-electron chi connectivity index (χ4n) is 2.54. The second-order valence-electron chi connectivity index (χ2n) is 5.18. The Bertz CT molecular complexity index is 635. The number of likely N-dealkylation sites (tertiary alicyclic amines) is 1. The van der Waals surface area contributed by atoms with Crippen LogP contribution in [0.15, 0.2) is 15.1 Å². The number of carbonyl (C=O) groups excluding carboxylic acids is 1. The molecule has 8 heteroatoms. The van der Waals surface area contributed by atoms with Crippen LogP contribution in [-0.4, -0.2) is 39.2 Å². The molecule has 0 saturated carbocycles. The van der Waals surface area contributed by atoms with Crippen LogP contribution in [0.1, 0.15) is 36.3 Å². The van der Waals surface area contributed by atoms with E-state index in [1.807, 2.05) is 4.90 Å². The Hall–Kier alpha value is -2.22. The second-order valence-corrected chi connectivity index (χ2v) is 5.18. The van der Waals surface area contributed by atoms with Crippen molar-refractivity contribution in [3.8, 4) is 0 Å². The summed E-state index contributed by atoms with van der Waals surface area (Å²) in [6.45, 7) is 4.65. The summed E-state index contributed by atoms with van der Waals surface area (Å²) in [5.41, 5.74) is 0.728. The summed E-state index contributed by atoms with van der Waals surface area (Å²) < 4.78 is 9.99. The van der Waals surface area contributed by atoms with Crippen LogP contribution >= 0.6 is 0 Å². The topological polar surface area (TPSA) is 97.3 Å². The minimum Gasteiger partial charge on any atom is -0.340 e. The molecule has 8 nitrogen and oxygen atoms in total. The molecular weight excluding hydrogens is 274 g/mol. The summed E-state index contributed by atoms with van der Waals surface area (Å²) in [7, 11) is 0. The van der Waals surface area contributed by atoms with Gasteiger partial charge in [-0.15, -0.1) is 0 Å². The highest BCUT2D eigenvalue weighted by Crippen LogP contribution is 2.29. The van der Waals surface area contributed by atoms with Crippen LogP contribution in [0.3, 0.4) is 0 Å². The first kappa shape index (κ1) is 13.7. The van der Waals surface area contributed by atoms with Crippen molar-refractivity contribution in [1.29, 1.82) is 0 Å². The van der Waals surface area contributed by atoms with Crippen molar-refractivity contribution in [2.75, 3.05) is 18.4 Å². The molecule has 1 saturated heterocycles. The van der Waals surface area contributed by atoms with Crippen LogP contribution in [-0.2, 0) is 4.79 Å². The smallest absolute Gasteiger partial charge is 0.240 e. The van der Waals surface area contributed by atoms with Crippen LogP contribution in [0.5, 0.6) is 0 Å². The van der Waals surface area contributed by atoms with Gasteiger partial charge in [-0.2, -0.15) is 4.98 Å². The lowest BCUT2D eigenvalue weighted by molar-refractivity contribution is -0.117. The molecule has 2 aromatic rings. The molecule has 1 unspecified atom stereocenters. The summed E-state index contributed by atoms with van der Waals surface area (Å²) in [5.74, 6) is 1.41. The number of anilines is 1. The summed E-state index contributed by atoms with van der Waals surface area (Å²) >= 11 is 0. The zero-order valence-corrected chi connectivity index (χ0v) is 12.0. The molecule has 3 heterocycles. The van der Waals surface area contributed by atoms with Crippen LogP contribution in [0.25, 0.3) is 0 Å². The predicted molar refractivity (Wildman–Crippen MR) is 72.5 cm³/mol. The van der Waals surface area contributed by atoms with Crippen LogP contribution in [0, 0.1) is 13.8 Å². The minimum absolute atomic E-state index is 0.0321. The van der Waals surface area contributed by atoms with Gasteiger partial charge in [-0.05, 0) is 26.3 Å². The lowest BCUT2D eigenvalue weighted by Gasteiger charge is -2.20. The molecular formula is C13H17N5O3. The molecule has 1 amide bonds. The first-order valence-electron chi connectivity index (χ1n) is 6.89. The zero-order valence-electron chi connectivity index (χ0n) is 12.0. The van der Waals surface area contributed by atoms with Crippen molar-refractivity contribution in [3.63, 3.8) is 0 Å². The molecule has 1 atom stereocenters. The molecule has 0 radical (unpaired) electrons. The summed E-state index contributed by atoms with van der Waals surface area (Å²) in [6, 6.07) is 1.71. The highest BCUT2D eigenvalue weighted by molar-refractivity contribution is 5.91. The first-order chi connectivity index (χ1) is 10.1. The van der Waals surface area contributed by atoms with E-state index >= 15 is 0 Å². The molecule has 2 aromatic heterocycles. The fourth-order valence-corrected chi connectivity index (χ4v) is 2.54. The molecule has 0 bridgehead atoms. The van der Waals surface area contributed by atoms with E-state index in [1.54, 1.807) is 19.9 Å². The second kappa shape index (κ2) is 5.65. The summed E-state index contributed by atoms with van der Waals surface area (Å²) in [4.78, 5) is 18.4. The van der Waals surface area contributed by atoms with Gasteiger partial charge in [0.25, 0.3) is 0 Å². The molecule has 112 valence electrons. The Morgan fingerprint density at radius 3 is 2.95 bits per heavy atom. The van der Waals surface area contributed by atoms with Gasteiger partial charge in [0.2, 0.25) is 17.7 Å². The van der Waals surface area contributed by atoms with Gasteiger partial charge in [-0.25, -0.2) is 0 Å². The largest absolute Gasteiger partial charge is 0.340 e. The Morgan fingerprint density at radius 2 is 2.29 bits per heavy atom. The van der Waals surface area contributed by atoms with E-state index in [2.05, 4.69) is 20.6 Å². The third-order valence-corrected chi connectivity index (χ3v) is 3.44. The molecule has 0 spiro atoms. The van der Waals surface area contributed by atoms with E-state index in [0.717, 1.165) is 25.1 Å². The highest BCUT2D eigenvalue weighted by atomic mass is 16.5. The van der Waals surface area contributed by atoms with E-state index in [-0.39, 0.29) is 18.5 Å². The number of nitrogens with zero attached hydrogens (tertiary/aromatic N) is 4. The van der Waals surface area contributed by atoms with Crippen molar-refractivity contribution < 1.29 is 13.8 Å². The molecule has 1 fully saturated rings. The SMILES string of the molecule is Cc1cc(NC(=O)CN2CCCC2c2noc(C)n2)on1. The predicted octanol–water partition coefficient (Wildman–Crippen LogP) is 1.45. The maximum atomic E-state index is 12.1. The zero-order chi connectivity index (χ0) is 14.8. The Morgan fingerprint density at radius 1 is 1.43 bits per heavy atom. The van der Waals surface area contributed by atoms with E-state index in [1.165, 1.54) is 0 Å². The summed E-state index contributed by atoms with van der Waals surface area (Å²) in [5, 5.41) is 10.4.